The van der Waals surface area contributed by atoms with Gasteiger partial charge in [-0.3, -0.25) is 0 Å². The van der Waals surface area contributed by atoms with Gasteiger partial charge in [0.2, 0.25) is 0 Å². The van der Waals surface area contributed by atoms with Gasteiger partial charge in [-0.25, -0.2) is 0 Å². The average molecular weight is 153 g/mol. The number of fused-ring (bicyclic) bond motifs is 1. The van der Waals surface area contributed by atoms with Gasteiger partial charge in [-0.1, -0.05) is 19.8 Å². The van der Waals surface area contributed by atoms with Crippen molar-refractivity contribution in [2.24, 2.45) is 23.5 Å². The van der Waals surface area contributed by atoms with Crippen molar-refractivity contribution in [3.05, 3.63) is 0 Å². The van der Waals surface area contributed by atoms with E-state index in [1.165, 1.54) is 32.1 Å². The third-order valence-electron chi connectivity index (χ3n) is 3.59. The van der Waals surface area contributed by atoms with Crippen LogP contribution >= 0.6 is 0 Å². The highest BCUT2D eigenvalue weighted by Gasteiger charge is 2.54. The summed E-state index contributed by atoms with van der Waals surface area (Å²) in [5.41, 5.74) is 6.08. The molecule has 0 amide bonds. The Bertz CT molecular complexity index is 134. The minimum atomic E-state index is 0.537. The Labute approximate surface area is 69.4 Å². The van der Waals surface area contributed by atoms with E-state index in [0.717, 1.165) is 17.8 Å². The molecule has 2 aliphatic rings. The van der Waals surface area contributed by atoms with E-state index in [0.29, 0.717) is 6.04 Å². The van der Waals surface area contributed by atoms with Crippen molar-refractivity contribution >= 4 is 0 Å². The second-order valence-corrected chi connectivity index (χ2v) is 4.29. The minimum Gasteiger partial charge on any atom is -0.327 e. The SMILES string of the molecule is CCCC(N)C1C2CCCC21. The molecule has 11 heavy (non-hydrogen) atoms. The summed E-state index contributed by atoms with van der Waals surface area (Å²) in [6.45, 7) is 2.23. The Morgan fingerprint density at radius 3 is 2.55 bits per heavy atom. The van der Waals surface area contributed by atoms with E-state index in [2.05, 4.69) is 6.92 Å². The van der Waals surface area contributed by atoms with Crippen LogP contribution in [0, 0.1) is 17.8 Å². The molecule has 2 aliphatic carbocycles. The van der Waals surface area contributed by atoms with Gasteiger partial charge in [0, 0.05) is 6.04 Å². The summed E-state index contributed by atoms with van der Waals surface area (Å²) in [5, 5.41) is 0. The van der Waals surface area contributed by atoms with Gasteiger partial charge in [0.05, 0.1) is 0 Å². The van der Waals surface area contributed by atoms with E-state index in [9.17, 15) is 0 Å². The molecule has 3 atom stereocenters. The zero-order valence-corrected chi connectivity index (χ0v) is 7.42. The lowest BCUT2D eigenvalue weighted by atomic mass is 10.0. The fourth-order valence-electron chi connectivity index (χ4n) is 3.04. The number of hydrogen-bond acceptors (Lipinski definition) is 1. The molecule has 0 aromatic rings. The maximum atomic E-state index is 6.08. The van der Waals surface area contributed by atoms with Crippen molar-refractivity contribution in [3.63, 3.8) is 0 Å². The molecule has 2 rings (SSSR count). The molecule has 2 N–H and O–H groups in total. The molecule has 0 heterocycles. The van der Waals surface area contributed by atoms with Crippen LogP contribution in [0.5, 0.6) is 0 Å². The van der Waals surface area contributed by atoms with Crippen LogP contribution in [-0.2, 0) is 0 Å². The Balaban J connectivity index is 1.80. The van der Waals surface area contributed by atoms with Crippen molar-refractivity contribution in [2.45, 2.75) is 45.1 Å². The van der Waals surface area contributed by atoms with Gasteiger partial charge in [-0.2, -0.15) is 0 Å². The summed E-state index contributed by atoms with van der Waals surface area (Å²) < 4.78 is 0. The van der Waals surface area contributed by atoms with Crippen LogP contribution in [0.2, 0.25) is 0 Å². The first-order valence-corrected chi connectivity index (χ1v) is 5.10. The highest BCUT2D eigenvalue weighted by atomic mass is 14.7. The van der Waals surface area contributed by atoms with E-state index in [-0.39, 0.29) is 0 Å². The van der Waals surface area contributed by atoms with E-state index < -0.39 is 0 Å². The third kappa shape index (κ3) is 1.20. The Morgan fingerprint density at radius 1 is 1.36 bits per heavy atom. The maximum absolute atomic E-state index is 6.08. The Morgan fingerprint density at radius 2 is 2.00 bits per heavy atom. The lowest BCUT2D eigenvalue weighted by Gasteiger charge is -2.11. The van der Waals surface area contributed by atoms with Gasteiger partial charge in [-0.15, -0.1) is 0 Å². The highest BCUT2D eigenvalue weighted by molar-refractivity contribution is 5.05. The summed E-state index contributed by atoms with van der Waals surface area (Å²) in [4.78, 5) is 0. The van der Waals surface area contributed by atoms with Gasteiger partial charge < -0.3 is 5.73 Å². The van der Waals surface area contributed by atoms with E-state index in [1.807, 2.05) is 0 Å². The van der Waals surface area contributed by atoms with Crippen molar-refractivity contribution < 1.29 is 0 Å². The molecule has 2 saturated carbocycles. The topological polar surface area (TPSA) is 26.0 Å². The largest absolute Gasteiger partial charge is 0.327 e. The van der Waals surface area contributed by atoms with Crippen LogP contribution < -0.4 is 5.73 Å². The zero-order valence-electron chi connectivity index (χ0n) is 7.42. The molecule has 0 aromatic carbocycles. The van der Waals surface area contributed by atoms with Crippen LogP contribution in [0.25, 0.3) is 0 Å². The molecule has 0 spiro atoms. The average Bonchev–Trinajstić information content (AvgIpc) is 2.47. The van der Waals surface area contributed by atoms with E-state index >= 15 is 0 Å². The van der Waals surface area contributed by atoms with Gasteiger partial charge in [-0.05, 0) is 37.0 Å². The monoisotopic (exact) mass is 153 g/mol. The van der Waals surface area contributed by atoms with Crippen LogP contribution in [-0.4, -0.2) is 6.04 Å². The minimum absolute atomic E-state index is 0.537. The fourth-order valence-corrected chi connectivity index (χ4v) is 3.04. The molecule has 0 aliphatic heterocycles. The second kappa shape index (κ2) is 2.78. The molecule has 0 aromatic heterocycles. The summed E-state index contributed by atoms with van der Waals surface area (Å²) >= 11 is 0. The summed E-state index contributed by atoms with van der Waals surface area (Å²) in [5.74, 6) is 3.04. The fraction of sp³-hybridized carbons (Fsp3) is 1.00. The predicted octanol–water partition coefficient (Wildman–Crippen LogP) is 2.16. The van der Waals surface area contributed by atoms with Crippen LogP contribution in [0.3, 0.4) is 0 Å². The first kappa shape index (κ1) is 7.60. The molecule has 2 fully saturated rings. The first-order valence-electron chi connectivity index (χ1n) is 5.10. The molecule has 0 saturated heterocycles. The summed E-state index contributed by atoms with van der Waals surface area (Å²) in [7, 11) is 0. The quantitative estimate of drug-likeness (QED) is 0.660. The first-order chi connectivity index (χ1) is 5.34. The molecular formula is C10H19N. The zero-order chi connectivity index (χ0) is 7.84. The molecule has 3 unspecified atom stereocenters. The molecular weight excluding hydrogens is 134 g/mol. The van der Waals surface area contributed by atoms with E-state index in [4.69, 9.17) is 5.73 Å². The van der Waals surface area contributed by atoms with Gasteiger partial charge in [0.15, 0.2) is 0 Å². The summed E-state index contributed by atoms with van der Waals surface area (Å²) in [6, 6.07) is 0.537. The lowest BCUT2D eigenvalue weighted by Crippen LogP contribution is -2.24. The van der Waals surface area contributed by atoms with Crippen LogP contribution in [0.15, 0.2) is 0 Å². The number of nitrogens with two attached hydrogens (primary N) is 1. The van der Waals surface area contributed by atoms with Crippen molar-refractivity contribution in [1.82, 2.24) is 0 Å². The van der Waals surface area contributed by atoms with Gasteiger partial charge in [0.1, 0.15) is 0 Å². The number of hydrogen-bond donors (Lipinski definition) is 1. The summed E-state index contributed by atoms with van der Waals surface area (Å²) in [6.07, 6.45) is 6.94. The smallest absolute Gasteiger partial charge is 0.00725 e. The second-order valence-electron chi connectivity index (χ2n) is 4.29. The standard InChI is InChI=1S/C10H19N/c1-2-4-9(11)10-7-5-3-6-8(7)10/h7-10H,2-6,11H2,1H3. The molecule has 1 heteroatoms. The van der Waals surface area contributed by atoms with Crippen molar-refractivity contribution in [2.75, 3.05) is 0 Å². The highest BCUT2D eigenvalue weighted by Crippen LogP contribution is 2.58. The predicted molar refractivity (Wildman–Crippen MR) is 47.2 cm³/mol. The number of rotatable bonds is 3. The Kier molecular flexibility index (Phi) is 1.92. The van der Waals surface area contributed by atoms with Crippen molar-refractivity contribution in [3.8, 4) is 0 Å². The maximum Gasteiger partial charge on any atom is 0.00725 e. The van der Waals surface area contributed by atoms with Crippen molar-refractivity contribution in [1.29, 1.82) is 0 Å². The van der Waals surface area contributed by atoms with Crippen LogP contribution in [0.4, 0.5) is 0 Å². The van der Waals surface area contributed by atoms with Gasteiger partial charge >= 0.3 is 0 Å². The molecule has 1 nitrogen and oxygen atoms in total. The lowest BCUT2D eigenvalue weighted by molar-refractivity contribution is 0.459. The normalized spacial score (nSPS) is 43.6. The third-order valence-corrected chi connectivity index (χ3v) is 3.59. The molecule has 0 bridgehead atoms. The van der Waals surface area contributed by atoms with Crippen LogP contribution in [0.1, 0.15) is 39.0 Å². The Hall–Kier alpha value is -0.0400. The van der Waals surface area contributed by atoms with E-state index in [1.54, 1.807) is 0 Å². The van der Waals surface area contributed by atoms with Gasteiger partial charge in [0.25, 0.3) is 0 Å². The molecule has 0 radical (unpaired) electrons. The molecule has 64 valence electrons.